The molecule has 19 heavy (non-hydrogen) atoms. The zero-order valence-electron chi connectivity index (χ0n) is 10.4. The summed E-state index contributed by atoms with van der Waals surface area (Å²) in [5.74, 6) is -1.59. The summed E-state index contributed by atoms with van der Waals surface area (Å²) in [7, 11) is 0. The molecule has 0 aromatic heterocycles. The highest BCUT2D eigenvalue weighted by molar-refractivity contribution is 5.94. The lowest BCUT2D eigenvalue weighted by molar-refractivity contribution is -0.387. The summed E-state index contributed by atoms with van der Waals surface area (Å²) in [5, 5.41) is 21.8. The Hall–Kier alpha value is -2.49. The molecule has 0 atom stereocenters. The van der Waals surface area contributed by atoms with Crippen molar-refractivity contribution in [3.8, 4) is 6.07 Å². The van der Waals surface area contributed by atoms with E-state index in [4.69, 9.17) is 5.26 Å². The van der Waals surface area contributed by atoms with Crippen LogP contribution in [0.15, 0.2) is 18.2 Å². The molecule has 0 bridgehead atoms. The van der Waals surface area contributed by atoms with Crippen LogP contribution in [0, 0.1) is 32.7 Å². The van der Waals surface area contributed by atoms with E-state index in [1.807, 2.05) is 6.07 Å². The first-order valence-corrected chi connectivity index (χ1v) is 5.40. The molecule has 0 aliphatic rings. The summed E-state index contributed by atoms with van der Waals surface area (Å²) in [6, 6.07) is 4.88. The van der Waals surface area contributed by atoms with E-state index in [1.54, 1.807) is 13.8 Å². The number of nitrogens with one attached hydrogen (secondary N) is 1. The van der Waals surface area contributed by atoms with E-state index in [0.717, 1.165) is 18.2 Å². The van der Waals surface area contributed by atoms with Gasteiger partial charge in [0.25, 0.3) is 5.91 Å². The number of carbonyl (C=O) groups is 1. The third kappa shape index (κ3) is 3.74. The molecule has 1 N–H and O–H groups in total. The summed E-state index contributed by atoms with van der Waals surface area (Å²) in [6.07, 6.45) is 0. The van der Waals surface area contributed by atoms with Crippen LogP contribution in [-0.4, -0.2) is 17.4 Å². The summed E-state index contributed by atoms with van der Waals surface area (Å²) < 4.78 is 13.1. The van der Waals surface area contributed by atoms with Gasteiger partial charge in [-0.05, 0) is 26.0 Å². The first-order valence-electron chi connectivity index (χ1n) is 5.40. The fourth-order valence-corrected chi connectivity index (χ4v) is 1.24. The number of nitro groups is 1. The molecule has 0 heterocycles. The molecule has 1 aromatic rings. The van der Waals surface area contributed by atoms with Crippen LogP contribution in [0.25, 0.3) is 0 Å². The molecule has 0 spiro atoms. The van der Waals surface area contributed by atoms with Crippen molar-refractivity contribution in [3.05, 3.63) is 39.7 Å². The molecule has 0 saturated heterocycles. The van der Waals surface area contributed by atoms with Crippen molar-refractivity contribution in [1.29, 1.82) is 5.26 Å². The van der Waals surface area contributed by atoms with Crippen molar-refractivity contribution < 1.29 is 14.1 Å². The van der Waals surface area contributed by atoms with Gasteiger partial charge in [-0.15, -0.1) is 0 Å². The maximum absolute atomic E-state index is 13.1. The number of benzene rings is 1. The standard InChI is InChI=1S/C12H12FN3O3/c1-12(2,6-14)7-15-11(17)8-3-4-9(13)10(5-8)16(18)19/h3-5H,7H2,1-2H3,(H,15,17). The topological polar surface area (TPSA) is 96.0 Å². The largest absolute Gasteiger partial charge is 0.350 e. The van der Waals surface area contributed by atoms with Crippen molar-refractivity contribution in [2.24, 2.45) is 5.41 Å². The van der Waals surface area contributed by atoms with Crippen LogP contribution in [0.2, 0.25) is 0 Å². The third-order valence-corrected chi connectivity index (χ3v) is 2.40. The number of carbonyl (C=O) groups excluding carboxylic acids is 1. The monoisotopic (exact) mass is 265 g/mol. The van der Waals surface area contributed by atoms with E-state index in [0.29, 0.717) is 0 Å². The second-order valence-corrected chi connectivity index (χ2v) is 4.60. The molecule has 6 nitrogen and oxygen atoms in total. The first kappa shape index (κ1) is 14.6. The highest BCUT2D eigenvalue weighted by Crippen LogP contribution is 2.19. The van der Waals surface area contributed by atoms with Gasteiger partial charge in [-0.25, -0.2) is 0 Å². The molecule has 0 aliphatic heterocycles. The minimum atomic E-state index is -1.00. The molecule has 0 fully saturated rings. The molecular weight excluding hydrogens is 253 g/mol. The van der Waals surface area contributed by atoms with E-state index in [9.17, 15) is 19.3 Å². The number of hydrogen-bond donors (Lipinski definition) is 1. The van der Waals surface area contributed by atoms with E-state index in [-0.39, 0.29) is 12.1 Å². The van der Waals surface area contributed by atoms with Gasteiger partial charge in [0.2, 0.25) is 5.82 Å². The van der Waals surface area contributed by atoms with Crippen LogP contribution in [0.1, 0.15) is 24.2 Å². The number of amides is 1. The van der Waals surface area contributed by atoms with Gasteiger partial charge in [-0.1, -0.05) is 0 Å². The van der Waals surface area contributed by atoms with Crippen molar-refractivity contribution in [3.63, 3.8) is 0 Å². The lowest BCUT2D eigenvalue weighted by atomic mass is 9.96. The minimum absolute atomic E-state index is 0.0261. The summed E-state index contributed by atoms with van der Waals surface area (Å²) in [4.78, 5) is 21.4. The van der Waals surface area contributed by atoms with Gasteiger partial charge < -0.3 is 5.32 Å². The fourth-order valence-electron chi connectivity index (χ4n) is 1.24. The number of hydrogen-bond acceptors (Lipinski definition) is 4. The highest BCUT2D eigenvalue weighted by Gasteiger charge is 2.20. The second-order valence-electron chi connectivity index (χ2n) is 4.60. The zero-order valence-corrected chi connectivity index (χ0v) is 10.4. The fraction of sp³-hybridized carbons (Fsp3) is 0.333. The van der Waals surface area contributed by atoms with Crippen molar-refractivity contribution in [2.75, 3.05) is 6.54 Å². The second kappa shape index (κ2) is 5.44. The van der Waals surface area contributed by atoms with E-state index in [2.05, 4.69) is 5.32 Å². The van der Waals surface area contributed by atoms with E-state index in [1.165, 1.54) is 0 Å². The van der Waals surface area contributed by atoms with Crippen molar-refractivity contribution in [1.82, 2.24) is 5.32 Å². The predicted molar refractivity (Wildman–Crippen MR) is 64.8 cm³/mol. The van der Waals surface area contributed by atoms with Crippen LogP contribution in [0.4, 0.5) is 10.1 Å². The van der Waals surface area contributed by atoms with E-state index >= 15 is 0 Å². The number of halogens is 1. The SMILES string of the molecule is CC(C)(C#N)CNC(=O)c1ccc(F)c([N+](=O)[O-])c1. The Morgan fingerprint density at radius 2 is 2.21 bits per heavy atom. The Labute approximate surface area is 109 Å². The van der Waals surface area contributed by atoms with Crippen molar-refractivity contribution >= 4 is 11.6 Å². The highest BCUT2D eigenvalue weighted by atomic mass is 19.1. The number of nitrogens with zero attached hydrogens (tertiary/aromatic N) is 2. The Kier molecular flexibility index (Phi) is 4.17. The summed E-state index contributed by atoms with van der Waals surface area (Å²) >= 11 is 0. The molecule has 0 saturated carbocycles. The van der Waals surface area contributed by atoms with Crippen LogP contribution >= 0.6 is 0 Å². The Bertz CT molecular complexity index is 564. The Balaban J connectivity index is 2.87. The average Bonchev–Trinajstić information content (AvgIpc) is 2.36. The quantitative estimate of drug-likeness (QED) is 0.665. The smallest absolute Gasteiger partial charge is 0.305 e. The third-order valence-electron chi connectivity index (χ3n) is 2.40. The predicted octanol–water partition coefficient (Wildman–Crippen LogP) is 2.01. The van der Waals surface area contributed by atoms with Gasteiger partial charge in [0.05, 0.1) is 16.4 Å². The van der Waals surface area contributed by atoms with Gasteiger partial charge in [0, 0.05) is 18.2 Å². The van der Waals surface area contributed by atoms with Gasteiger partial charge in [0.1, 0.15) is 0 Å². The maximum Gasteiger partial charge on any atom is 0.305 e. The number of nitriles is 1. The van der Waals surface area contributed by atoms with Crippen LogP contribution in [-0.2, 0) is 0 Å². The Morgan fingerprint density at radius 1 is 1.58 bits per heavy atom. The van der Waals surface area contributed by atoms with Gasteiger partial charge in [0.15, 0.2) is 0 Å². The van der Waals surface area contributed by atoms with E-state index < -0.39 is 27.8 Å². The van der Waals surface area contributed by atoms with Crippen LogP contribution in [0.3, 0.4) is 0 Å². The lowest BCUT2D eigenvalue weighted by Crippen LogP contribution is -2.33. The minimum Gasteiger partial charge on any atom is -0.350 e. The molecule has 0 unspecified atom stereocenters. The van der Waals surface area contributed by atoms with Gasteiger partial charge >= 0.3 is 5.69 Å². The number of nitro benzene ring substituents is 1. The normalized spacial score (nSPS) is 10.6. The van der Waals surface area contributed by atoms with Gasteiger partial charge in [-0.3, -0.25) is 14.9 Å². The molecule has 100 valence electrons. The average molecular weight is 265 g/mol. The van der Waals surface area contributed by atoms with Gasteiger partial charge in [-0.2, -0.15) is 9.65 Å². The van der Waals surface area contributed by atoms with Crippen LogP contribution < -0.4 is 5.32 Å². The molecule has 1 amide bonds. The van der Waals surface area contributed by atoms with Crippen molar-refractivity contribution in [2.45, 2.75) is 13.8 Å². The Morgan fingerprint density at radius 3 is 2.74 bits per heavy atom. The van der Waals surface area contributed by atoms with Crippen LogP contribution in [0.5, 0.6) is 0 Å². The molecular formula is C12H12FN3O3. The summed E-state index contributed by atoms with van der Waals surface area (Å²) in [5.41, 5.74) is -1.53. The molecule has 0 radical (unpaired) electrons. The molecule has 7 heteroatoms. The zero-order chi connectivity index (χ0) is 14.6. The lowest BCUT2D eigenvalue weighted by Gasteiger charge is -2.15. The molecule has 1 aromatic carbocycles. The molecule has 0 aliphatic carbocycles. The molecule has 1 rings (SSSR count). The number of rotatable bonds is 4. The maximum atomic E-state index is 13.1. The first-order chi connectivity index (χ1) is 8.76. The summed E-state index contributed by atoms with van der Waals surface area (Å²) in [6.45, 7) is 3.37.